The number of hydrogen-bond donors (Lipinski definition) is 2. The highest BCUT2D eigenvalue weighted by molar-refractivity contribution is 7.53. The monoisotopic (exact) mass is 627 g/mol. The summed E-state index contributed by atoms with van der Waals surface area (Å²) in [6.45, 7) is 2.88. The van der Waals surface area contributed by atoms with Gasteiger partial charge in [0.05, 0.1) is 36.8 Å². The van der Waals surface area contributed by atoms with Crippen LogP contribution in [0.2, 0.25) is 0 Å². The van der Waals surface area contributed by atoms with Crippen LogP contribution in [-0.2, 0) is 39.0 Å². The number of carbonyl (C=O) groups excluding carboxylic acids is 1. The number of anilines is 4. The maximum absolute atomic E-state index is 14.0. The molecule has 44 heavy (non-hydrogen) atoms. The zero-order chi connectivity index (χ0) is 31.1. The molecule has 15 heteroatoms. The Morgan fingerprint density at radius 2 is 1.91 bits per heavy atom. The van der Waals surface area contributed by atoms with Crippen LogP contribution in [0.3, 0.4) is 0 Å². The molecule has 4 aliphatic rings. The van der Waals surface area contributed by atoms with E-state index in [1.165, 1.54) is 4.90 Å². The summed E-state index contributed by atoms with van der Waals surface area (Å²) in [5.41, 5.74) is 2.69. The van der Waals surface area contributed by atoms with Crippen molar-refractivity contribution in [2.45, 2.75) is 38.8 Å². The smallest absolute Gasteiger partial charge is 0.339 e. The van der Waals surface area contributed by atoms with Crippen molar-refractivity contribution in [3.8, 4) is 11.1 Å². The molecule has 4 aliphatic heterocycles. The third-order valence-electron chi connectivity index (χ3n) is 7.29. The van der Waals surface area contributed by atoms with Gasteiger partial charge in [0, 0.05) is 43.8 Å². The van der Waals surface area contributed by atoms with Crippen molar-refractivity contribution in [2.24, 2.45) is 0 Å². The number of hydrogen-bond acceptors (Lipinski definition) is 9. The molecule has 0 spiro atoms. The molecular formula is C29H29F3N7O4P. The zero-order valence-corrected chi connectivity index (χ0v) is 24.8. The Bertz CT molecular complexity index is 1760. The molecule has 1 atom stereocenters. The quantitative estimate of drug-likeness (QED) is 0.237. The van der Waals surface area contributed by atoms with Crippen LogP contribution < -0.4 is 10.6 Å². The second kappa shape index (κ2) is 11.7. The van der Waals surface area contributed by atoms with Crippen molar-refractivity contribution in [2.75, 3.05) is 30.9 Å². The van der Waals surface area contributed by atoms with Crippen LogP contribution >= 0.6 is 7.60 Å². The third-order valence-corrected chi connectivity index (χ3v) is 9.27. The first kappa shape index (κ1) is 29.8. The average Bonchev–Trinajstić information content (AvgIpc) is 3.56. The molecule has 8 rings (SSSR count). The van der Waals surface area contributed by atoms with Gasteiger partial charge in [0.15, 0.2) is 0 Å². The first-order valence-electron chi connectivity index (χ1n) is 13.9. The number of halogens is 3. The van der Waals surface area contributed by atoms with E-state index in [0.717, 1.165) is 11.1 Å². The molecule has 8 bridgehead atoms. The molecule has 2 N–H and O–H groups in total. The van der Waals surface area contributed by atoms with E-state index >= 15 is 0 Å². The van der Waals surface area contributed by atoms with Crippen LogP contribution in [0, 0.1) is 0 Å². The lowest BCUT2D eigenvalue weighted by molar-refractivity contribution is -0.137. The van der Waals surface area contributed by atoms with Gasteiger partial charge in [-0.2, -0.15) is 23.3 Å². The normalized spacial score (nSPS) is 18.8. The van der Waals surface area contributed by atoms with Gasteiger partial charge < -0.3 is 24.6 Å². The van der Waals surface area contributed by atoms with Crippen molar-refractivity contribution < 1.29 is 31.6 Å². The number of fused-ring (bicyclic) bond motifs is 1. The minimum Gasteiger partial charge on any atom is -0.339 e. The van der Waals surface area contributed by atoms with Crippen LogP contribution in [0.4, 0.5) is 36.3 Å². The topological polar surface area (TPSA) is 124 Å². The summed E-state index contributed by atoms with van der Waals surface area (Å²) >= 11 is 0. The third kappa shape index (κ3) is 6.05. The second-order valence-electron chi connectivity index (χ2n) is 10.4. The molecule has 0 radical (unpaired) electrons. The summed E-state index contributed by atoms with van der Waals surface area (Å²) < 4.78 is 68.6. The van der Waals surface area contributed by atoms with Gasteiger partial charge in [0.1, 0.15) is 11.4 Å². The summed E-state index contributed by atoms with van der Waals surface area (Å²) in [6.07, 6.45) is -0.0140. The minimum absolute atomic E-state index is 0.0474. The molecule has 11 nitrogen and oxygen atoms in total. The van der Waals surface area contributed by atoms with Gasteiger partial charge in [-0.1, -0.05) is 18.2 Å². The maximum atomic E-state index is 14.0. The summed E-state index contributed by atoms with van der Waals surface area (Å²) in [5, 5.41) is 10.1. The van der Waals surface area contributed by atoms with Gasteiger partial charge in [0.25, 0.3) is 5.91 Å². The van der Waals surface area contributed by atoms with Gasteiger partial charge in [-0.25, -0.2) is 4.98 Å². The van der Waals surface area contributed by atoms with Crippen LogP contribution in [-0.4, -0.2) is 50.8 Å². The second-order valence-corrected chi connectivity index (χ2v) is 12.5. The van der Waals surface area contributed by atoms with Crippen molar-refractivity contribution >= 4 is 36.6 Å². The van der Waals surface area contributed by atoms with E-state index in [1.807, 2.05) is 6.20 Å². The number of aromatic nitrogens is 4. The highest BCUT2D eigenvalue weighted by Gasteiger charge is 2.37. The van der Waals surface area contributed by atoms with Crippen LogP contribution in [0.25, 0.3) is 11.1 Å². The van der Waals surface area contributed by atoms with Crippen molar-refractivity contribution in [3.63, 3.8) is 0 Å². The largest absolute Gasteiger partial charge is 0.421 e. The van der Waals surface area contributed by atoms with Gasteiger partial charge in [0.2, 0.25) is 5.95 Å². The highest BCUT2D eigenvalue weighted by atomic mass is 31.2. The minimum atomic E-state index is -4.76. The number of carbonyl (C=O) groups is 1. The Kier molecular flexibility index (Phi) is 7.91. The van der Waals surface area contributed by atoms with E-state index in [2.05, 4.69) is 25.7 Å². The Morgan fingerprint density at radius 1 is 1.11 bits per heavy atom. The van der Waals surface area contributed by atoms with Gasteiger partial charge in [-0.05, 0) is 48.2 Å². The number of benzene rings is 2. The summed E-state index contributed by atoms with van der Waals surface area (Å²) in [4.78, 5) is 22.8. The molecule has 6 heterocycles. The number of aryl methyl sites for hydroxylation is 1. The molecule has 0 fully saturated rings. The molecule has 2 aromatic carbocycles. The fraction of sp³-hybridized carbons (Fsp3) is 0.310. The SMILES string of the molecule is CCO[P@@]1(=O)Cc2ccc(cc2)Nc2ncc(C(F)(F)F)c(n2)Nc2ccc(c3c2C(=O)N(C)C3)-c2cnn(c2)CCCO1. The summed E-state index contributed by atoms with van der Waals surface area (Å²) in [7, 11) is -1.82. The van der Waals surface area contributed by atoms with Crippen LogP contribution in [0.15, 0.2) is 55.0 Å². The van der Waals surface area contributed by atoms with Crippen LogP contribution in [0.1, 0.15) is 40.4 Å². The molecule has 0 aliphatic carbocycles. The van der Waals surface area contributed by atoms with Crippen molar-refractivity contribution in [3.05, 3.63) is 77.2 Å². The van der Waals surface area contributed by atoms with E-state index in [-0.39, 0.29) is 49.0 Å². The maximum Gasteiger partial charge on any atom is 0.421 e. The Morgan fingerprint density at radius 3 is 2.66 bits per heavy atom. The lowest BCUT2D eigenvalue weighted by atomic mass is 9.97. The summed E-state index contributed by atoms with van der Waals surface area (Å²) in [6, 6.07) is 10.1. The molecule has 0 saturated carbocycles. The van der Waals surface area contributed by atoms with Crippen LogP contribution in [0.5, 0.6) is 0 Å². The number of amides is 1. The van der Waals surface area contributed by atoms with Gasteiger partial charge >= 0.3 is 13.8 Å². The molecule has 1 amide bonds. The fourth-order valence-electron chi connectivity index (χ4n) is 5.23. The first-order chi connectivity index (χ1) is 21.0. The van der Waals surface area contributed by atoms with Crippen molar-refractivity contribution in [1.29, 1.82) is 0 Å². The Balaban J connectivity index is 1.45. The Labute approximate surface area is 250 Å². The molecule has 0 saturated heterocycles. The predicted octanol–water partition coefficient (Wildman–Crippen LogP) is 6.58. The van der Waals surface area contributed by atoms with Gasteiger partial charge in [-0.15, -0.1) is 0 Å². The van der Waals surface area contributed by atoms with Gasteiger partial charge in [-0.3, -0.25) is 14.0 Å². The van der Waals surface area contributed by atoms with E-state index in [9.17, 15) is 22.5 Å². The molecule has 2 aromatic heterocycles. The molecule has 230 valence electrons. The summed E-state index contributed by atoms with van der Waals surface area (Å²) in [5.74, 6) is -0.931. The average molecular weight is 628 g/mol. The lowest BCUT2D eigenvalue weighted by Crippen LogP contribution is -2.18. The highest BCUT2D eigenvalue weighted by Crippen LogP contribution is 2.51. The van der Waals surface area contributed by atoms with E-state index in [4.69, 9.17) is 9.05 Å². The molecular weight excluding hydrogens is 598 g/mol. The fourth-order valence-corrected chi connectivity index (χ4v) is 6.95. The number of nitrogens with zero attached hydrogens (tertiary/aromatic N) is 5. The van der Waals surface area contributed by atoms with E-state index in [1.54, 1.807) is 61.2 Å². The van der Waals surface area contributed by atoms with Crippen molar-refractivity contribution in [1.82, 2.24) is 24.6 Å². The van der Waals surface area contributed by atoms with E-state index < -0.39 is 25.2 Å². The predicted molar refractivity (Wildman–Crippen MR) is 157 cm³/mol. The number of nitrogens with one attached hydrogen (secondary N) is 2. The number of rotatable bonds is 2. The Hall–Kier alpha value is -4.26. The first-order valence-corrected chi connectivity index (χ1v) is 15.7. The standard InChI is InChI=1S/C29H29F3N7O4P/c1-3-42-44(41)17-18-5-7-20(8-6-18)35-28-33-14-23(29(30,31)32)26(37-28)36-24-10-9-21(22-16-38(2)27(40)25(22)24)19-13-34-39(15-19)11-4-12-43-44/h5-10,13-15H,3-4,11-12,16-17H2,1-2H3,(H2,33,35,36,37)/t44-/m0/s1. The molecule has 0 unspecified atom stereocenters. The van der Waals surface area contributed by atoms with E-state index in [0.29, 0.717) is 36.0 Å². The zero-order valence-electron chi connectivity index (χ0n) is 23.9. The lowest BCUT2D eigenvalue weighted by Gasteiger charge is -2.18. The number of alkyl halides is 3. The molecule has 4 aromatic rings.